The minimum atomic E-state index is -0.0638. The summed E-state index contributed by atoms with van der Waals surface area (Å²) in [5.74, 6) is 1.66. The van der Waals surface area contributed by atoms with Crippen LogP contribution in [0.15, 0.2) is 41.8 Å². The van der Waals surface area contributed by atoms with E-state index < -0.39 is 0 Å². The lowest BCUT2D eigenvalue weighted by Crippen LogP contribution is -2.27. The maximum absolute atomic E-state index is 12.2. The molecule has 23 heavy (non-hydrogen) atoms. The smallest absolute Gasteiger partial charge is 0.251 e. The Bertz CT molecular complexity index is 777. The van der Waals surface area contributed by atoms with Gasteiger partial charge in [0.05, 0.1) is 0 Å². The lowest BCUT2D eigenvalue weighted by molar-refractivity contribution is 0.0952. The molecular weight excluding hydrogens is 308 g/mol. The van der Waals surface area contributed by atoms with E-state index in [2.05, 4.69) is 38.9 Å². The maximum Gasteiger partial charge on any atom is 0.251 e. The second-order valence-electron chi connectivity index (χ2n) is 5.45. The van der Waals surface area contributed by atoms with Crippen molar-refractivity contribution in [2.24, 2.45) is 0 Å². The zero-order valence-corrected chi connectivity index (χ0v) is 13.9. The molecule has 2 heterocycles. The summed E-state index contributed by atoms with van der Waals surface area (Å²) in [6, 6.07) is 11.4. The Morgan fingerprint density at radius 1 is 1.30 bits per heavy atom. The van der Waals surface area contributed by atoms with Gasteiger partial charge in [0.2, 0.25) is 0 Å². The number of nitrogens with zero attached hydrogens (tertiary/aromatic N) is 2. The number of aromatic amines is 1. The predicted molar refractivity (Wildman–Crippen MR) is 91.6 cm³/mol. The molecule has 0 spiro atoms. The number of carbonyl (C=O) groups is 1. The van der Waals surface area contributed by atoms with Gasteiger partial charge in [0.1, 0.15) is 5.82 Å². The third-order valence-electron chi connectivity index (χ3n) is 3.60. The fourth-order valence-electron chi connectivity index (χ4n) is 2.26. The first-order valence-corrected chi connectivity index (χ1v) is 8.32. The van der Waals surface area contributed by atoms with Gasteiger partial charge >= 0.3 is 0 Å². The van der Waals surface area contributed by atoms with Crippen molar-refractivity contribution in [2.75, 3.05) is 6.54 Å². The molecule has 1 aromatic carbocycles. The average Bonchev–Trinajstić information content (AvgIpc) is 3.24. The van der Waals surface area contributed by atoms with Gasteiger partial charge in [-0.1, -0.05) is 25.1 Å². The highest BCUT2D eigenvalue weighted by molar-refractivity contribution is 7.10. The van der Waals surface area contributed by atoms with Crippen LogP contribution in [-0.2, 0) is 0 Å². The molecule has 1 atom stereocenters. The van der Waals surface area contributed by atoms with Gasteiger partial charge in [0.15, 0.2) is 5.82 Å². The molecule has 0 radical (unpaired) electrons. The quantitative estimate of drug-likeness (QED) is 0.755. The summed E-state index contributed by atoms with van der Waals surface area (Å²) in [4.78, 5) is 17.8. The molecule has 118 valence electrons. The van der Waals surface area contributed by atoms with Gasteiger partial charge in [-0.15, -0.1) is 11.3 Å². The van der Waals surface area contributed by atoms with Crippen molar-refractivity contribution in [3.8, 4) is 11.4 Å². The number of amides is 1. The van der Waals surface area contributed by atoms with E-state index in [1.165, 1.54) is 4.88 Å². The molecule has 0 aliphatic carbocycles. The molecule has 2 aromatic heterocycles. The molecule has 6 heteroatoms. The number of hydrogen-bond acceptors (Lipinski definition) is 4. The fraction of sp³-hybridized carbons (Fsp3) is 0.235. The van der Waals surface area contributed by atoms with E-state index in [1.54, 1.807) is 23.5 Å². The van der Waals surface area contributed by atoms with Gasteiger partial charge in [-0.25, -0.2) is 4.98 Å². The molecule has 1 amide bonds. The summed E-state index contributed by atoms with van der Waals surface area (Å²) in [6.45, 7) is 4.59. The molecule has 3 aromatic rings. The van der Waals surface area contributed by atoms with Crippen LogP contribution in [0, 0.1) is 6.92 Å². The summed E-state index contributed by atoms with van der Waals surface area (Å²) in [6.07, 6.45) is 0. The largest absolute Gasteiger partial charge is 0.351 e. The topological polar surface area (TPSA) is 70.7 Å². The van der Waals surface area contributed by atoms with E-state index in [-0.39, 0.29) is 5.91 Å². The van der Waals surface area contributed by atoms with E-state index in [4.69, 9.17) is 0 Å². The normalized spacial score (nSPS) is 12.1. The van der Waals surface area contributed by atoms with Crippen LogP contribution in [0.3, 0.4) is 0 Å². The summed E-state index contributed by atoms with van der Waals surface area (Å²) in [5.41, 5.74) is 1.53. The summed E-state index contributed by atoms with van der Waals surface area (Å²) in [5, 5.41) is 12.0. The Labute approximate surface area is 138 Å². The molecule has 5 nitrogen and oxygen atoms in total. The van der Waals surface area contributed by atoms with Crippen LogP contribution >= 0.6 is 11.3 Å². The van der Waals surface area contributed by atoms with E-state index >= 15 is 0 Å². The first kappa shape index (κ1) is 15.4. The van der Waals surface area contributed by atoms with Crippen LogP contribution in [-0.4, -0.2) is 27.6 Å². The first-order valence-electron chi connectivity index (χ1n) is 7.44. The maximum atomic E-state index is 12.2. The first-order chi connectivity index (χ1) is 11.1. The Morgan fingerprint density at radius 3 is 2.70 bits per heavy atom. The zero-order valence-electron chi connectivity index (χ0n) is 13.0. The molecule has 1 unspecified atom stereocenters. The predicted octanol–water partition coefficient (Wildman–Crippen LogP) is 3.38. The SMILES string of the molecule is Cc1nc(-c2ccc(C(=O)NCC(C)c3cccs3)cc2)n[nH]1. The lowest BCUT2D eigenvalue weighted by atomic mass is 10.1. The molecule has 0 saturated carbocycles. The van der Waals surface area contributed by atoms with Gasteiger partial charge < -0.3 is 5.32 Å². The summed E-state index contributed by atoms with van der Waals surface area (Å²) >= 11 is 1.71. The van der Waals surface area contributed by atoms with E-state index in [9.17, 15) is 4.79 Å². The highest BCUT2D eigenvalue weighted by atomic mass is 32.1. The fourth-order valence-corrected chi connectivity index (χ4v) is 3.05. The molecule has 0 fully saturated rings. The number of benzene rings is 1. The zero-order chi connectivity index (χ0) is 16.2. The van der Waals surface area contributed by atoms with E-state index in [0.717, 1.165) is 11.4 Å². The molecule has 0 aliphatic rings. The van der Waals surface area contributed by atoms with Gasteiger partial charge in [0, 0.05) is 28.5 Å². The summed E-state index contributed by atoms with van der Waals surface area (Å²) < 4.78 is 0. The van der Waals surface area contributed by atoms with Gasteiger partial charge in [-0.3, -0.25) is 9.89 Å². The van der Waals surface area contributed by atoms with Crippen LogP contribution in [0.4, 0.5) is 0 Å². The lowest BCUT2D eigenvalue weighted by Gasteiger charge is -2.11. The Hall–Kier alpha value is -2.47. The van der Waals surface area contributed by atoms with Gasteiger partial charge in [-0.2, -0.15) is 5.10 Å². The number of H-pyrrole nitrogens is 1. The molecule has 3 rings (SSSR count). The van der Waals surface area contributed by atoms with Crippen LogP contribution in [0.2, 0.25) is 0 Å². The highest BCUT2D eigenvalue weighted by Crippen LogP contribution is 2.20. The number of carbonyl (C=O) groups excluding carboxylic acids is 1. The minimum absolute atomic E-state index is 0.0638. The Morgan fingerprint density at radius 2 is 2.09 bits per heavy atom. The number of hydrogen-bond donors (Lipinski definition) is 2. The number of aromatic nitrogens is 3. The molecule has 0 bridgehead atoms. The third-order valence-corrected chi connectivity index (χ3v) is 4.70. The van der Waals surface area contributed by atoms with Crippen molar-refractivity contribution in [1.82, 2.24) is 20.5 Å². The van der Waals surface area contributed by atoms with Crippen molar-refractivity contribution >= 4 is 17.2 Å². The van der Waals surface area contributed by atoms with Gasteiger partial charge in [-0.05, 0) is 30.5 Å². The van der Waals surface area contributed by atoms with Crippen molar-refractivity contribution in [1.29, 1.82) is 0 Å². The Balaban J connectivity index is 1.61. The van der Waals surface area contributed by atoms with Crippen LogP contribution in [0.25, 0.3) is 11.4 Å². The van der Waals surface area contributed by atoms with Crippen molar-refractivity contribution in [3.05, 3.63) is 58.0 Å². The number of aryl methyl sites for hydroxylation is 1. The molecular formula is C17H18N4OS. The number of thiophene rings is 1. The van der Waals surface area contributed by atoms with Gasteiger partial charge in [0.25, 0.3) is 5.91 Å². The molecule has 0 saturated heterocycles. The molecule has 0 aliphatic heterocycles. The van der Waals surface area contributed by atoms with Crippen molar-refractivity contribution < 1.29 is 4.79 Å². The summed E-state index contributed by atoms with van der Waals surface area (Å²) in [7, 11) is 0. The number of rotatable bonds is 5. The monoisotopic (exact) mass is 326 g/mol. The van der Waals surface area contributed by atoms with E-state index in [1.807, 2.05) is 25.1 Å². The van der Waals surface area contributed by atoms with Crippen LogP contribution < -0.4 is 5.32 Å². The second-order valence-corrected chi connectivity index (χ2v) is 6.43. The molecule has 2 N–H and O–H groups in total. The highest BCUT2D eigenvalue weighted by Gasteiger charge is 2.11. The average molecular weight is 326 g/mol. The van der Waals surface area contributed by atoms with E-state index in [0.29, 0.717) is 23.9 Å². The number of nitrogens with one attached hydrogen (secondary N) is 2. The standard InChI is InChI=1S/C17H18N4OS/c1-11(15-4-3-9-23-15)10-18-17(22)14-7-5-13(6-8-14)16-19-12(2)20-21-16/h3-9,11H,10H2,1-2H3,(H,18,22)(H,19,20,21). The van der Waals surface area contributed by atoms with Crippen LogP contribution in [0.5, 0.6) is 0 Å². The van der Waals surface area contributed by atoms with Crippen LogP contribution in [0.1, 0.15) is 33.9 Å². The second kappa shape index (κ2) is 6.75. The van der Waals surface area contributed by atoms with Crippen molar-refractivity contribution in [2.45, 2.75) is 19.8 Å². The van der Waals surface area contributed by atoms with Crippen molar-refractivity contribution in [3.63, 3.8) is 0 Å². The third kappa shape index (κ3) is 3.65. The minimum Gasteiger partial charge on any atom is -0.351 e. The Kier molecular flexibility index (Phi) is 4.52.